The van der Waals surface area contributed by atoms with Gasteiger partial charge < -0.3 is 9.88 Å². The molecule has 4 aromatic carbocycles. The quantitative estimate of drug-likeness (QED) is 0.224. The molecule has 210 valence electrons. The maximum absolute atomic E-state index is 13.8. The van der Waals surface area contributed by atoms with E-state index >= 15 is 0 Å². The average molecular weight is 551 g/mol. The molecule has 0 radical (unpaired) electrons. The molecule has 3 heteroatoms. The highest BCUT2D eigenvalue weighted by molar-refractivity contribution is 5.96. The van der Waals surface area contributed by atoms with E-state index in [-0.39, 0.29) is 17.4 Å². The van der Waals surface area contributed by atoms with E-state index in [2.05, 4.69) is 126 Å². The van der Waals surface area contributed by atoms with Crippen LogP contribution in [0.4, 0.5) is 5.69 Å². The number of nitrogens with one attached hydrogen (secondary N) is 1. The molecule has 42 heavy (non-hydrogen) atoms. The van der Waals surface area contributed by atoms with Crippen LogP contribution in [0.5, 0.6) is 0 Å². The van der Waals surface area contributed by atoms with Gasteiger partial charge in [-0.25, -0.2) is 0 Å². The predicted molar refractivity (Wildman–Crippen MR) is 171 cm³/mol. The third-order valence-corrected chi connectivity index (χ3v) is 10.6. The third kappa shape index (κ3) is 4.21. The number of rotatable bonds is 6. The lowest BCUT2D eigenvalue weighted by Crippen LogP contribution is -2.51. The molecule has 0 saturated heterocycles. The van der Waals surface area contributed by atoms with Crippen molar-refractivity contribution < 1.29 is 4.79 Å². The first-order valence-electron chi connectivity index (χ1n) is 15.7. The van der Waals surface area contributed by atoms with Gasteiger partial charge in [-0.05, 0) is 104 Å². The van der Waals surface area contributed by atoms with Crippen molar-refractivity contribution in [3.8, 4) is 11.3 Å². The summed E-state index contributed by atoms with van der Waals surface area (Å²) in [5, 5.41) is 4.64. The van der Waals surface area contributed by atoms with Gasteiger partial charge >= 0.3 is 0 Å². The fourth-order valence-corrected chi connectivity index (χ4v) is 9.18. The standard InChI is InChI=1S/C39H38N2O/c1-26-34-14-8-9-15-35(34)41(36(26)30-10-4-2-5-11-30)37(31-12-6-3-7-13-31)32-16-18-33(19-17-32)40-38(42)39-23-27-20-28(24-39)22-29(21-27)25-39/h2-19,27-29,37H,20-25H2,1H3,(H,40,42)/t27?,28?,29?,37-,39?/m0/s1. The number of hydrogen-bond acceptors (Lipinski definition) is 1. The molecule has 4 fully saturated rings. The molecule has 9 rings (SSSR count). The fraction of sp³-hybridized carbons (Fsp3) is 0.308. The Morgan fingerprint density at radius 1 is 0.714 bits per heavy atom. The Balaban J connectivity index is 1.19. The van der Waals surface area contributed by atoms with E-state index in [1.54, 1.807) is 0 Å². The monoisotopic (exact) mass is 550 g/mol. The van der Waals surface area contributed by atoms with E-state index in [4.69, 9.17) is 0 Å². The molecule has 1 amide bonds. The lowest BCUT2D eigenvalue weighted by atomic mass is 9.49. The minimum absolute atomic E-state index is 0.0205. The molecule has 1 aromatic heterocycles. The summed E-state index contributed by atoms with van der Waals surface area (Å²) in [5.74, 6) is 2.53. The summed E-state index contributed by atoms with van der Waals surface area (Å²) in [6.07, 6.45) is 7.30. The zero-order valence-corrected chi connectivity index (χ0v) is 24.3. The molecule has 0 aliphatic heterocycles. The Labute approximate surface area is 248 Å². The zero-order valence-electron chi connectivity index (χ0n) is 24.3. The number of nitrogens with zero attached hydrogens (tertiary/aromatic N) is 1. The van der Waals surface area contributed by atoms with E-state index in [1.807, 2.05) is 0 Å². The summed E-state index contributed by atoms with van der Waals surface area (Å²) >= 11 is 0. The van der Waals surface area contributed by atoms with Gasteiger partial charge in [-0.3, -0.25) is 4.79 Å². The summed E-state index contributed by atoms with van der Waals surface area (Å²) in [6, 6.07) is 38.9. The molecule has 3 nitrogen and oxygen atoms in total. The average Bonchev–Trinajstić information content (AvgIpc) is 3.30. The number of amides is 1. The summed E-state index contributed by atoms with van der Waals surface area (Å²) in [5.41, 5.74) is 8.16. The molecule has 4 aliphatic carbocycles. The summed E-state index contributed by atoms with van der Waals surface area (Å²) in [4.78, 5) is 13.8. The van der Waals surface area contributed by atoms with Crippen molar-refractivity contribution in [1.29, 1.82) is 0 Å². The number of carbonyl (C=O) groups excluding carboxylic acids is 1. The second-order valence-corrected chi connectivity index (χ2v) is 13.3. The van der Waals surface area contributed by atoms with Gasteiger partial charge in [-0.2, -0.15) is 0 Å². The molecule has 4 bridgehead atoms. The normalized spacial score (nSPS) is 25.0. The first-order chi connectivity index (χ1) is 20.6. The number of benzene rings is 4. The van der Waals surface area contributed by atoms with Gasteiger partial charge in [0, 0.05) is 16.6 Å². The van der Waals surface area contributed by atoms with E-state index in [9.17, 15) is 4.79 Å². The van der Waals surface area contributed by atoms with Crippen molar-refractivity contribution >= 4 is 22.5 Å². The maximum Gasteiger partial charge on any atom is 0.230 e. The van der Waals surface area contributed by atoms with Gasteiger partial charge in [0.05, 0.1) is 17.2 Å². The Hall–Kier alpha value is -4.11. The van der Waals surface area contributed by atoms with Gasteiger partial charge in [0.2, 0.25) is 5.91 Å². The summed E-state index contributed by atoms with van der Waals surface area (Å²) in [7, 11) is 0. The van der Waals surface area contributed by atoms with Crippen molar-refractivity contribution in [3.05, 3.63) is 126 Å². The zero-order chi connectivity index (χ0) is 28.3. The van der Waals surface area contributed by atoms with Crippen LogP contribution in [-0.4, -0.2) is 10.5 Å². The highest BCUT2D eigenvalue weighted by Crippen LogP contribution is 2.60. The summed E-state index contributed by atoms with van der Waals surface area (Å²) in [6.45, 7) is 2.24. The SMILES string of the molecule is Cc1c(-c2ccccc2)n([C@@H](c2ccccc2)c2ccc(NC(=O)C34CC5CC(CC(C5)C3)C4)cc2)c2ccccc12. The number of aromatic nitrogens is 1. The van der Waals surface area contributed by atoms with E-state index < -0.39 is 0 Å². The Morgan fingerprint density at radius 3 is 1.90 bits per heavy atom. The number of para-hydroxylation sites is 1. The first-order valence-corrected chi connectivity index (χ1v) is 15.7. The van der Waals surface area contributed by atoms with Crippen LogP contribution in [0.25, 0.3) is 22.2 Å². The summed E-state index contributed by atoms with van der Waals surface area (Å²) < 4.78 is 2.51. The van der Waals surface area contributed by atoms with E-state index in [0.29, 0.717) is 0 Å². The van der Waals surface area contributed by atoms with Crippen molar-refractivity contribution in [1.82, 2.24) is 4.57 Å². The third-order valence-electron chi connectivity index (χ3n) is 10.6. The van der Waals surface area contributed by atoms with Gasteiger partial charge in [0.15, 0.2) is 0 Å². The second kappa shape index (κ2) is 10.0. The van der Waals surface area contributed by atoms with Crippen LogP contribution in [0.15, 0.2) is 109 Å². The topological polar surface area (TPSA) is 34.0 Å². The van der Waals surface area contributed by atoms with Crippen molar-refractivity contribution in [2.75, 3.05) is 5.32 Å². The molecular weight excluding hydrogens is 512 g/mol. The maximum atomic E-state index is 13.8. The lowest BCUT2D eigenvalue weighted by Gasteiger charge is -2.55. The Kier molecular flexibility index (Phi) is 6.10. The van der Waals surface area contributed by atoms with Crippen LogP contribution in [-0.2, 0) is 4.79 Å². The van der Waals surface area contributed by atoms with Crippen LogP contribution in [0.1, 0.15) is 61.3 Å². The molecule has 1 atom stereocenters. The molecule has 0 spiro atoms. The van der Waals surface area contributed by atoms with Crippen LogP contribution < -0.4 is 5.32 Å². The highest BCUT2D eigenvalue weighted by Gasteiger charge is 2.54. The number of anilines is 1. The molecular formula is C39H38N2O. The molecule has 4 saturated carbocycles. The van der Waals surface area contributed by atoms with Crippen LogP contribution >= 0.6 is 0 Å². The van der Waals surface area contributed by atoms with E-state index in [0.717, 1.165) is 42.7 Å². The van der Waals surface area contributed by atoms with Gasteiger partial charge in [-0.15, -0.1) is 0 Å². The van der Waals surface area contributed by atoms with Crippen LogP contribution in [0.3, 0.4) is 0 Å². The van der Waals surface area contributed by atoms with Crippen molar-refractivity contribution in [2.45, 2.75) is 51.5 Å². The van der Waals surface area contributed by atoms with Gasteiger partial charge in [-0.1, -0.05) is 91.0 Å². The lowest BCUT2D eigenvalue weighted by molar-refractivity contribution is -0.140. The minimum Gasteiger partial charge on any atom is -0.328 e. The van der Waals surface area contributed by atoms with Crippen molar-refractivity contribution in [3.63, 3.8) is 0 Å². The number of carbonyl (C=O) groups is 1. The molecule has 0 unspecified atom stereocenters. The second-order valence-electron chi connectivity index (χ2n) is 13.3. The molecule has 5 aromatic rings. The largest absolute Gasteiger partial charge is 0.328 e. The number of aryl methyl sites for hydroxylation is 1. The molecule has 1 heterocycles. The van der Waals surface area contributed by atoms with Crippen LogP contribution in [0, 0.1) is 30.1 Å². The minimum atomic E-state index is -0.147. The predicted octanol–water partition coefficient (Wildman–Crippen LogP) is 9.41. The van der Waals surface area contributed by atoms with Crippen molar-refractivity contribution in [2.24, 2.45) is 23.2 Å². The van der Waals surface area contributed by atoms with Gasteiger partial charge in [0.25, 0.3) is 0 Å². The number of fused-ring (bicyclic) bond motifs is 1. The fourth-order valence-electron chi connectivity index (χ4n) is 9.18. The van der Waals surface area contributed by atoms with E-state index in [1.165, 1.54) is 58.1 Å². The van der Waals surface area contributed by atoms with Crippen LogP contribution in [0.2, 0.25) is 0 Å². The Morgan fingerprint density at radius 2 is 1.26 bits per heavy atom. The number of hydrogen-bond donors (Lipinski definition) is 1. The smallest absolute Gasteiger partial charge is 0.230 e. The molecule has 4 aliphatic rings. The highest BCUT2D eigenvalue weighted by atomic mass is 16.2. The first kappa shape index (κ1) is 25.6. The Bertz CT molecular complexity index is 1710. The molecule has 1 N–H and O–H groups in total. The van der Waals surface area contributed by atoms with Gasteiger partial charge in [0.1, 0.15) is 0 Å².